The Morgan fingerprint density at radius 1 is 0.837 bits per heavy atom. The van der Waals surface area contributed by atoms with Crippen molar-refractivity contribution in [1.82, 2.24) is 10.2 Å². The smallest absolute Gasteiger partial charge is 0.264 e. The molecule has 4 aromatic rings. The minimum absolute atomic E-state index is 0.0190. The lowest BCUT2D eigenvalue weighted by Gasteiger charge is -2.34. The van der Waals surface area contributed by atoms with E-state index in [1.54, 1.807) is 6.07 Å². The number of amides is 2. The highest BCUT2D eigenvalue weighted by Gasteiger charge is 2.36. The highest BCUT2D eigenvalue weighted by Crippen LogP contribution is 2.34. The van der Waals surface area contributed by atoms with Crippen LogP contribution in [-0.4, -0.2) is 57.0 Å². The second-order valence-electron chi connectivity index (χ2n) is 12.1. The van der Waals surface area contributed by atoms with Crippen molar-refractivity contribution in [1.29, 1.82) is 0 Å². The summed E-state index contributed by atoms with van der Waals surface area (Å²) in [6.07, 6.45) is 3.65. The van der Waals surface area contributed by atoms with Gasteiger partial charge in [0, 0.05) is 30.6 Å². The molecule has 49 heavy (non-hydrogen) atoms. The van der Waals surface area contributed by atoms with Crippen LogP contribution in [-0.2, 0) is 32.6 Å². The lowest BCUT2D eigenvalue weighted by atomic mass is 10.0. The van der Waals surface area contributed by atoms with Crippen LogP contribution >= 0.6 is 0 Å². The van der Waals surface area contributed by atoms with Gasteiger partial charge in [0.25, 0.3) is 10.0 Å². The van der Waals surface area contributed by atoms with Crippen LogP contribution in [0.4, 0.5) is 14.5 Å². The van der Waals surface area contributed by atoms with Gasteiger partial charge in [0.1, 0.15) is 37.4 Å². The quantitative estimate of drug-likeness (QED) is 0.207. The molecule has 9 nitrogen and oxygen atoms in total. The standard InChI is InChI=1S/C37H37F2N3O6S/c38-28-14-16-30(17-15-28)42(49(45,46)31-18-19-34-35(23-31)48-21-20-47-34)25-36(43)41(24-27-10-4-7-13-32(27)39)33(22-26-8-2-1-3-9-26)37(44)40-29-11-5-6-12-29/h1-4,7-10,13-19,23,29,33H,5-6,11-12,20-22,24-25H2,(H,40,44)/t33-/m1/s1. The molecule has 0 radical (unpaired) electrons. The number of carbonyl (C=O) groups is 2. The first-order chi connectivity index (χ1) is 23.7. The number of rotatable bonds is 12. The van der Waals surface area contributed by atoms with Crippen molar-refractivity contribution in [3.8, 4) is 11.5 Å². The molecule has 0 unspecified atom stereocenters. The summed E-state index contributed by atoms with van der Waals surface area (Å²) in [7, 11) is -4.48. The van der Waals surface area contributed by atoms with E-state index in [-0.39, 0.29) is 47.5 Å². The maximum atomic E-state index is 15.1. The molecule has 2 aliphatic rings. The molecule has 6 rings (SSSR count). The molecule has 12 heteroatoms. The van der Waals surface area contributed by atoms with Crippen molar-refractivity contribution in [3.63, 3.8) is 0 Å². The van der Waals surface area contributed by atoms with Crippen LogP contribution in [0.15, 0.2) is 102 Å². The second-order valence-corrected chi connectivity index (χ2v) is 14.0. The van der Waals surface area contributed by atoms with Crippen molar-refractivity contribution < 1.29 is 36.3 Å². The largest absolute Gasteiger partial charge is 0.486 e. The number of nitrogens with zero attached hydrogens (tertiary/aromatic N) is 2. The van der Waals surface area contributed by atoms with Gasteiger partial charge in [-0.3, -0.25) is 13.9 Å². The van der Waals surface area contributed by atoms with Gasteiger partial charge in [0.2, 0.25) is 11.8 Å². The third kappa shape index (κ3) is 8.02. The van der Waals surface area contributed by atoms with E-state index < -0.39 is 46.1 Å². The number of ether oxygens (including phenoxy) is 2. The fraction of sp³-hybridized carbons (Fsp3) is 0.297. The predicted molar refractivity (Wildman–Crippen MR) is 180 cm³/mol. The summed E-state index contributed by atoms with van der Waals surface area (Å²) >= 11 is 0. The second kappa shape index (κ2) is 15.1. The molecular formula is C37H37F2N3O6S. The summed E-state index contributed by atoms with van der Waals surface area (Å²) in [5, 5.41) is 3.09. The van der Waals surface area contributed by atoms with Crippen molar-refractivity contribution in [3.05, 3.63) is 120 Å². The molecule has 1 atom stereocenters. The number of carbonyl (C=O) groups excluding carboxylic acids is 2. The average Bonchev–Trinajstić information content (AvgIpc) is 3.63. The average molecular weight is 690 g/mol. The number of sulfonamides is 1. The summed E-state index contributed by atoms with van der Waals surface area (Å²) in [6.45, 7) is -0.527. The predicted octanol–water partition coefficient (Wildman–Crippen LogP) is 5.63. The molecule has 1 heterocycles. The van der Waals surface area contributed by atoms with Crippen LogP contribution in [0, 0.1) is 11.6 Å². The van der Waals surface area contributed by atoms with Gasteiger partial charge in [-0.05, 0) is 60.9 Å². The first kappa shape index (κ1) is 33.9. The van der Waals surface area contributed by atoms with E-state index in [0.717, 1.165) is 47.7 Å². The van der Waals surface area contributed by atoms with Crippen molar-refractivity contribution >= 4 is 27.5 Å². The third-order valence-corrected chi connectivity index (χ3v) is 10.5. The van der Waals surface area contributed by atoms with E-state index in [9.17, 15) is 22.4 Å². The number of nitrogens with one attached hydrogen (secondary N) is 1. The minimum atomic E-state index is -4.48. The lowest BCUT2D eigenvalue weighted by Crippen LogP contribution is -2.54. The molecule has 0 aromatic heterocycles. The molecule has 256 valence electrons. The fourth-order valence-corrected chi connectivity index (χ4v) is 7.61. The van der Waals surface area contributed by atoms with E-state index in [0.29, 0.717) is 12.4 Å². The lowest BCUT2D eigenvalue weighted by molar-refractivity contribution is -0.140. The third-order valence-electron chi connectivity index (χ3n) is 8.77. The number of hydrogen-bond acceptors (Lipinski definition) is 6. The zero-order valence-corrected chi connectivity index (χ0v) is 27.6. The Morgan fingerprint density at radius 3 is 2.22 bits per heavy atom. The Morgan fingerprint density at radius 2 is 1.51 bits per heavy atom. The molecule has 2 amide bonds. The van der Waals surface area contributed by atoms with E-state index in [1.807, 2.05) is 30.3 Å². The maximum Gasteiger partial charge on any atom is 0.264 e. The highest BCUT2D eigenvalue weighted by atomic mass is 32.2. The van der Waals surface area contributed by atoms with Crippen molar-refractivity contribution in [2.75, 3.05) is 24.1 Å². The Hall–Kier alpha value is -4.97. The Labute approximate surface area is 284 Å². The first-order valence-electron chi connectivity index (χ1n) is 16.2. The highest BCUT2D eigenvalue weighted by molar-refractivity contribution is 7.92. The van der Waals surface area contributed by atoms with Gasteiger partial charge in [-0.2, -0.15) is 0 Å². The molecule has 1 saturated carbocycles. The van der Waals surface area contributed by atoms with Crippen molar-refractivity contribution in [2.45, 2.75) is 55.6 Å². The Kier molecular flexibility index (Phi) is 10.4. The number of hydrogen-bond donors (Lipinski definition) is 1. The molecule has 0 bridgehead atoms. The van der Waals surface area contributed by atoms with Gasteiger partial charge in [-0.1, -0.05) is 61.4 Å². The summed E-state index contributed by atoms with van der Waals surface area (Å²) in [5.41, 5.74) is 0.941. The number of benzene rings is 4. The van der Waals surface area contributed by atoms with Crippen LogP contribution in [0.3, 0.4) is 0 Å². The van der Waals surface area contributed by atoms with Gasteiger partial charge in [0.15, 0.2) is 11.5 Å². The van der Waals surface area contributed by atoms with Crippen LogP contribution in [0.5, 0.6) is 11.5 Å². The van der Waals surface area contributed by atoms with Gasteiger partial charge in [-0.15, -0.1) is 0 Å². The zero-order chi connectivity index (χ0) is 34.4. The summed E-state index contributed by atoms with van der Waals surface area (Å²) in [6, 6.07) is 22.7. The van der Waals surface area contributed by atoms with Crippen LogP contribution in [0.25, 0.3) is 0 Å². The Balaban J connectivity index is 1.40. The van der Waals surface area contributed by atoms with Gasteiger partial charge >= 0.3 is 0 Å². The number of anilines is 1. The first-order valence-corrected chi connectivity index (χ1v) is 17.7. The molecule has 1 aliphatic heterocycles. The van der Waals surface area contributed by atoms with Gasteiger partial charge in [-0.25, -0.2) is 17.2 Å². The SMILES string of the molecule is O=C(NC1CCCC1)[C@@H](Cc1ccccc1)N(Cc1ccccc1F)C(=O)CN(c1ccc(F)cc1)S(=O)(=O)c1ccc2c(c1)OCCO2. The van der Waals surface area contributed by atoms with E-state index in [1.165, 1.54) is 53.4 Å². The molecule has 1 fully saturated rings. The molecule has 0 saturated heterocycles. The number of halogens is 2. The van der Waals surface area contributed by atoms with Crippen LogP contribution < -0.4 is 19.1 Å². The monoisotopic (exact) mass is 689 g/mol. The summed E-state index contributed by atoms with van der Waals surface area (Å²) in [4.78, 5) is 29.7. The summed E-state index contributed by atoms with van der Waals surface area (Å²) < 4.78 is 69.9. The summed E-state index contributed by atoms with van der Waals surface area (Å²) in [5.74, 6) is -1.73. The minimum Gasteiger partial charge on any atom is -0.486 e. The molecule has 1 N–H and O–H groups in total. The molecular weight excluding hydrogens is 652 g/mol. The van der Waals surface area contributed by atoms with Gasteiger partial charge in [0.05, 0.1) is 10.6 Å². The maximum absolute atomic E-state index is 15.1. The molecule has 0 spiro atoms. The van der Waals surface area contributed by atoms with Gasteiger partial charge < -0.3 is 19.7 Å². The van der Waals surface area contributed by atoms with Crippen LogP contribution in [0.2, 0.25) is 0 Å². The van der Waals surface area contributed by atoms with Crippen molar-refractivity contribution in [2.24, 2.45) is 0 Å². The zero-order valence-electron chi connectivity index (χ0n) is 26.8. The normalized spacial score (nSPS) is 15.0. The van der Waals surface area contributed by atoms with E-state index in [4.69, 9.17) is 9.47 Å². The Bertz CT molecular complexity index is 1890. The molecule has 4 aromatic carbocycles. The topological polar surface area (TPSA) is 105 Å². The van der Waals surface area contributed by atoms with Crippen LogP contribution in [0.1, 0.15) is 36.8 Å². The fourth-order valence-electron chi connectivity index (χ4n) is 6.18. The number of fused-ring (bicyclic) bond motifs is 1. The van der Waals surface area contributed by atoms with E-state index >= 15 is 4.39 Å². The van der Waals surface area contributed by atoms with E-state index in [2.05, 4.69) is 5.32 Å². The molecule has 1 aliphatic carbocycles.